The van der Waals surface area contributed by atoms with Crippen LogP contribution in [-0.4, -0.2) is 32.9 Å². The van der Waals surface area contributed by atoms with Gasteiger partial charge in [-0.3, -0.25) is 0 Å². The Morgan fingerprint density at radius 3 is 2.38 bits per heavy atom. The van der Waals surface area contributed by atoms with Gasteiger partial charge in [0.1, 0.15) is 6.04 Å². The Morgan fingerprint density at radius 1 is 1.38 bits per heavy atom. The van der Waals surface area contributed by atoms with Gasteiger partial charge in [0.15, 0.2) is 0 Å². The minimum Gasteiger partial charge on any atom is -0.381 e. The summed E-state index contributed by atoms with van der Waals surface area (Å²) in [5, 5.41) is 8.44. The fraction of sp³-hybridized carbons (Fsp3) is 0.900. The molecule has 0 saturated carbocycles. The Kier molecular flexibility index (Phi) is 4.71. The molecule has 1 aliphatic heterocycles. The maximum absolute atomic E-state index is 11.9. The maximum atomic E-state index is 11.9. The summed E-state index contributed by atoms with van der Waals surface area (Å²) in [5.74, 6) is -0.0281. The first kappa shape index (κ1) is 13.4. The molecule has 0 bridgehead atoms. The average molecular weight is 246 g/mol. The van der Waals surface area contributed by atoms with Gasteiger partial charge in [0, 0.05) is 13.2 Å². The lowest BCUT2D eigenvalue weighted by Crippen LogP contribution is -2.44. The molecule has 0 spiro atoms. The number of rotatable bonds is 4. The molecule has 1 rings (SSSR count). The van der Waals surface area contributed by atoms with Crippen LogP contribution in [0.4, 0.5) is 0 Å². The van der Waals surface area contributed by atoms with E-state index < -0.39 is 21.3 Å². The lowest BCUT2D eigenvalue weighted by Gasteiger charge is -2.24. The van der Waals surface area contributed by atoms with E-state index in [1.165, 1.54) is 0 Å². The van der Waals surface area contributed by atoms with Crippen molar-refractivity contribution < 1.29 is 13.2 Å². The van der Waals surface area contributed by atoms with E-state index in [9.17, 15) is 8.42 Å². The first-order valence-corrected chi connectivity index (χ1v) is 7.00. The molecule has 1 N–H and O–H groups in total. The minimum absolute atomic E-state index is 0.0281. The molecular formula is C10H18N2O3S. The molecule has 0 amide bonds. The molecule has 1 fully saturated rings. The van der Waals surface area contributed by atoms with Crippen LogP contribution >= 0.6 is 0 Å². The second-order valence-corrected chi connectivity index (χ2v) is 6.32. The van der Waals surface area contributed by atoms with Crippen molar-refractivity contribution in [1.82, 2.24) is 4.72 Å². The fourth-order valence-electron chi connectivity index (χ4n) is 1.57. The molecule has 0 aliphatic carbocycles. The summed E-state index contributed by atoms with van der Waals surface area (Å²) < 4.78 is 31.5. The first-order chi connectivity index (χ1) is 7.47. The lowest BCUT2D eigenvalue weighted by atomic mass is 10.1. The van der Waals surface area contributed by atoms with E-state index in [1.54, 1.807) is 0 Å². The predicted molar refractivity (Wildman–Crippen MR) is 60.1 cm³/mol. The standard InChI is InChI=1S/C10H18N2O3S/c1-8(2)10(7-11)12-16(13,14)9-3-5-15-6-4-9/h8-10,12H,3-6H2,1-2H3. The highest BCUT2D eigenvalue weighted by Gasteiger charge is 2.30. The number of sulfonamides is 1. The third kappa shape index (κ3) is 3.44. The highest BCUT2D eigenvalue weighted by Crippen LogP contribution is 2.16. The first-order valence-electron chi connectivity index (χ1n) is 5.46. The van der Waals surface area contributed by atoms with Crippen LogP contribution < -0.4 is 4.72 Å². The van der Waals surface area contributed by atoms with Crippen LogP contribution in [0.5, 0.6) is 0 Å². The zero-order valence-corrected chi connectivity index (χ0v) is 10.5. The Labute approximate surface area is 96.8 Å². The number of hydrogen-bond acceptors (Lipinski definition) is 4. The highest BCUT2D eigenvalue weighted by atomic mass is 32.2. The van der Waals surface area contributed by atoms with Crippen molar-refractivity contribution in [2.24, 2.45) is 5.92 Å². The van der Waals surface area contributed by atoms with Gasteiger partial charge in [-0.1, -0.05) is 13.8 Å². The molecule has 0 aromatic heterocycles. The monoisotopic (exact) mass is 246 g/mol. The third-order valence-corrected chi connectivity index (χ3v) is 4.64. The second-order valence-electron chi connectivity index (χ2n) is 4.33. The van der Waals surface area contributed by atoms with Crippen LogP contribution in [0.25, 0.3) is 0 Å². The number of hydrogen-bond donors (Lipinski definition) is 1. The highest BCUT2D eigenvalue weighted by molar-refractivity contribution is 7.90. The summed E-state index contributed by atoms with van der Waals surface area (Å²) >= 11 is 0. The van der Waals surface area contributed by atoms with E-state index in [-0.39, 0.29) is 5.92 Å². The molecule has 92 valence electrons. The van der Waals surface area contributed by atoms with Gasteiger partial charge < -0.3 is 4.74 Å². The summed E-state index contributed by atoms with van der Waals surface area (Å²) in [6, 6.07) is 1.33. The lowest BCUT2D eigenvalue weighted by molar-refractivity contribution is 0.0981. The van der Waals surface area contributed by atoms with Gasteiger partial charge >= 0.3 is 0 Å². The molecule has 1 aliphatic rings. The molecule has 1 unspecified atom stereocenters. The Bertz CT molecular complexity index is 353. The minimum atomic E-state index is -3.39. The normalized spacial score (nSPS) is 20.6. The van der Waals surface area contributed by atoms with Crippen LogP contribution in [-0.2, 0) is 14.8 Å². The van der Waals surface area contributed by atoms with E-state index in [2.05, 4.69) is 4.72 Å². The van der Waals surface area contributed by atoms with Gasteiger partial charge in [-0.15, -0.1) is 0 Å². The molecular weight excluding hydrogens is 228 g/mol. The summed E-state index contributed by atoms with van der Waals surface area (Å²) in [6.07, 6.45) is 1.01. The zero-order chi connectivity index (χ0) is 12.2. The molecule has 6 heteroatoms. The Balaban J connectivity index is 2.67. The van der Waals surface area contributed by atoms with E-state index in [0.717, 1.165) is 0 Å². The largest absolute Gasteiger partial charge is 0.381 e. The van der Waals surface area contributed by atoms with Crippen LogP contribution in [0.3, 0.4) is 0 Å². The van der Waals surface area contributed by atoms with Crippen molar-refractivity contribution in [1.29, 1.82) is 5.26 Å². The molecule has 1 saturated heterocycles. The third-order valence-electron chi connectivity index (χ3n) is 2.70. The molecule has 16 heavy (non-hydrogen) atoms. The SMILES string of the molecule is CC(C)C(C#N)NS(=O)(=O)C1CCOCC1. The summed E-state index contributed by atoms with van der Waals surface area (Å²) in [4.78, 5) is 0. The number of nitrogens with zero attached hydrogens (tertiary/aromatic N) is 1. The summed E-state index contributed by atoms with van der Waals surface area (Å²) in [7, 11) is -3.39. The van der Waals surface area contributed by atoms with Gasteiger partial charge in [0.2, 0.25) is 10.0 Å². The van der Waals surface area contributed by atoms with Gasteiger partial charge in [-0.05, 0) is 18.8 Å². The Hall–Kier alpha value is -0.640. The van der Waals surface area contributed by atoms with E-state index in [0.29, 0.717) is 26.1 Å². The molecule has 0 aromatic carbocycles. The van der Waals surface area contributed by atoms with Gasteiger partial charge in [0.05, 0.1) is 11.3 Å². The molecule has 1 heterocycles. The molecule has 1 atom stereocenters. The van der Waals surface area contributed by atoms with Crippen LogP contribution in [0.1, 0.15) is 26.7 Å². The van der Waals surface area contributed by atoms with Crippen LogP contribution in [0.2, 0.25) is 0 Å². The van der Waals surface area contributed by atoms with Crippen molar-refractivity contribution in [2.75, 3.05) is 13.2 Å². The smallest absolute Gasteiger partial charge is 0.215 e. The second kappa shape index (κ2) is 5.62. The summed E-state index contributed by atoms with van der Waals surface area (Å²) in [6.45, 7) is 4.59. The Morgan fingerprint density at radius 2 is 1.94 bits per heavy atom. The van der Waals surface area contributed by atoms with Gasteiger partial charge in [-0.2, -0.15) is 9.98 Å². The zero-order valence-electron chi connectivity index (χ0n) is 9.64. The number of nitrogens with one attached hydrogen (secondary N) is 1. The topological polar surface area (TPSA) is 79.2 Å². The summed E-state index contributed by atoms with van der Waals surface area (Å²) in [5.41, 5.74) is 0. The predicted octanol–water partition coefficient (Wildman–Crippen LogP) is 0.633. The number of ether oxygens (including phenoxy) is 1. The van der Waals surface area contributed by atoms with Gasteiger partial charge in [-0.25, -0.2) is 8.42 Å². The van der Waals surface area contributed by atoms with Crippen LogP contribution in [0, 0.1) is 17.2 Å². The van der Waals surface area contributed by atoms with Crippen molar-refractivity contribution in [3.05, 3.63) is 0 Å². The maximum Gasteiger partial charge on any atom is 0.215 e. The van der Waals surface area contributed by atoms with E-state index in [4.69, 9.17) is 10.00 Å². The molecule has 0 radical (unpaired) electrons. The van der Waals surface area contributed by atoms with E-state index in [1.807, 2.05) is 19.9 Å². The van der Waals surface area contributed by atoms with Crippen molar-refractivity contribution in [3.8, 4) is 6.07 Å². The van der Waals surface area contributed by atoms with Crippen molar-refractivity contribution in [3.63, 3.8) is 0 Å². The molecule has 5 nitrogen and oxygen atoms in total. The van der Waals surface area contributed by atoms with Crippen molar-refractivity contribution in [2.45, 2.75) is 38.0 Å². The molecule has 0 aromatic rings. The van der Waals surface area contributed by atoms with E-state index >= 15 is 0 Å². The van der Waals surface area contributed by atoms with Gasteiger partial charge in [0.25, 0.3) is 0 Å². The average Bonchev–Trinajstić information content (AvgIpc) is 2.27. The fourth-order valence-corrected chi connectivity index (χ4v) is 3.26. The number of nitriles is 1. The van der Waals surface area contributed by atoms with Crippen LogP contribution in [0.15, 0.2) is 0 Å². The quantitative estimate of drug-likeness (QED) is 0.789. The van der Waals surface area contributed by atoms with Crippen molar-refractivity contribution >= 4 is 10.0 Å².